The first-order chi connectivity index (χ1) is 16.9. The van der Waals surface area contributed by atoms with E-state index in [1.807, 2.05) is 30.3 Å². The number of fused-ring (bicyclic) bond motifs is 1. The van der Waals surface area contributed by atoms with Crippen LogP contribution in [-0.4, -0.2) is 31.1 Å². The highest BCUT2D eigenvalue weighted by Gasteiger charge is 2.26. The smallest absolute Gasteiger partial charge is 0.335 e. The Morgan fingerprint density at radius 2 is 1.86 bits per heavy atom. The van der Waals surface area contributed by atoms with Gasteiger partial charge in [-0.1, -0.05) is 35.3 Å². The third-order valence-electron chi connectivity index (χ3n) is 6.71. The molecule has 1 amide bonds. The molecule has 1 aliphatic rings. The molecule has 1 fully saturated rings. The molecule has 7 nitrogen and oxygen atoms in total. The molecule has 0 atom stereocenters. The van der Waals surface area contributed by atoms with Crippen molar-refractivity contribution >= 4 is 40.3 Å². The van der Waals surface area contributed by atoms with Crippen LogP contribution in [0.5, 0.6) is 0 Å². The molecule has 1 N–H and O–H groups in total. The Morgan fingerprint density at radius 1 is 1.09 bits per heavy atom. The Balaban J connectivity index is 1.31. The number of imidazole rings is 1. The number of aromatic nitrogens is 4. The maximum absolute atomic E-state index is 13.5. The fraction of sp³-hybridized carbons (Fsp3) is 0.308. The predicted molar refractivity (Wildman–Crippen MR) is 138 cm³/mol. The van der Waals surface area contributed by atoms with E-state index in [4.69, 9.17) is 23.2 Å². The highest BCUT2D eigenvalue weighted by molar-refractivity contribution is 6.32. The highest BCUT2D eigenvalue weighted by Crippen LogP contribution is 2.28. The number of amides is 1. The second-order valence-corrected chi connectivity index (χ2v) is 9.85. The van der Waals surface area contributed by atoms with Gasteiger partial charge in [-0.15, -0.1) is 0 Å². The first kappa shape index (κ1) is 23.6. The maximum Gasteiger partial charge on any atom is 0.335 e. The average Bonchev–Trinajstić information content (AvgIpc) is 3.13. The topological polar surface area (TPSA) is 81.8 Å². The molecule has 1 saturated carbocycles. The molecule has 0 bridgehead atoms. The predicted octanol–water partition coefficient (Wildman–Crippen LogP) is 5.19. The van der Waals surface area contributed by atoms with E-state index in [0.717, 1.165) is 31.2 Å². The number of hydrogen-bond donors (Lipinski definition) is 1. The van der Waals surface area contributed by atoms with Crippen LogP contribution < -0.4 is 11.0 Å². The molecular weight excluding hydrogens is 485 g/mol. The Labute approximate surface area is 212 Å². The summed E-state index contributed by atoms with van der Waals surface area (Å²) in [6, 6.07) is 12.8. The summed E-state index contributed by atoms with van der Waals surface area (Å²) in [5, 5.41) is 4.07. The number of nitrogens with zero attached hydrogens (tertiary/aromatic N) is 4. The third-order valence-corrected chi connectivity index (χ3v) is 7.23. The zero-order chi connectivity index (χ0) is 24.5. The van der Waals surface area contributed by atoms with Gasteiger partial charge in [-0.2, -0.15) is 0 Å². The zero-order valence-corrected chi connectivity index (χ0v) is 20.8. The Morgan fingerprint density at radius 3 is 2.63 bits per heavy atom. The summed E-state index contributed by atoms with van der Waals surface area (Å²) in [6.45, 7) is 2.39. The Hall–Kier alpha value is -3.16. The second kappa shape index (κ2) is 9.84. The molecule has 0 spiro atoms. The van der Waals surface area contributed by atoms with Crippen molar-refractivity contribution in [1.82, 2.24) is 24.4 Å². The Kier molecular flexibility index (Phi) is 6.62. The SMILES string of the molecule is Cc1ncc(Cl)cc1C(=O)N[C@H]1CC[C@H](Cn2c(=O)n(-c3ccccc3Cl)c3ncccc32)CC1. The monoisotopic (exact) mass is 509 g/mol. The van der Waals surface area contributed by atoms with Crippen LogP contribution in [-0.2, 0) is 6.54 Å². The van der Waals surface area contributed by atoms with Gasteiger partial charge >= 0.3 is 5.69 Å². The molecule has 5 rings (SSSR count). The standard InChI is InChI=1S/C26H25Cl2N5O2/c1-16-20(13-18(27)14-30-16)25(34)31-19-10-8-17(9-11-19)15-32-23-7-4-12-29-24(23)33(26(32)35)22-6-3-2-5-21(22)28/h2-7,12-14,17,19H,8-11,15H2,1H3,(H,31,34)/t17-,19-. The van der Waals surface area contributed by atoms with E-state index in [0.29, 0.717) is 45.1 Å². The number of nitrogens with one attached hydrogen (secondary N) is 1. The van der Waals surface area contributed by atoms with Crippen molar-refractivity contribution in [3.63, 3.8) is 0 Å². The maximum atomic E-state index is 13.5. The third kappa shape index (κ3) is 4.70. The van der Waals surface area contributed by atoms with Crippen LogP contribution in [0.15, 0.2) is 59.7 Å². The van der Waals surface area contributed by atoms with Gasteiger partial charge in [-0.05, 0) is 68.9 Å². The molecule has 3 heterocycles. The van der Waals surface area contributed by atoms with Crippen molar-refractivity contribution in [2.24, 2.45) is 5.92 Å². The fourth-order valence-corrected chi connectivity index (χ4v) is 5.24. The van der Waals surface area contributed by atoms with E-state index in [1.54, 1.807) is 40.6 Å². The molecule has 0 radical (unpaired) electrons. The van der Waals surface area contributed by atoms with Crippen LogP contribution in [0, 0.1) is 12.8 Å². The molecule has 3 aromatic heterocycles. The van der Waals surface area contributed by atoms with Gasteiger partial charge in [-0.25, -0.2) is 14.3 Å². The number of rotatable bonds is 5. The van der Waals surface area contributed by atoms with Crippen molar-refractivity contribution in [3.8, 4) is 5.69 Å². The number of carbonyl (C=O) groups excluding carboxylic acids is 1. The van der Waals surface area contributed by atoms with Crippen molar-refractivity contribution < 1.29 is 4.79 Å². The van der Waals surface area contributed by atoms with Crippen LogP contribution in [0.4, 0.5) is 0 Å². The number of halogens is 2. The molecule has 4 aromatic rings. The molecule has 35 heavy (non-hydrogen) atoms. The minimum atomic E-state index is -0.147. The van der Waals surface area contributed by atoms with Gasteiger partial charge in [0.2, 0.25) is 0 Å². The molecule has 0 aliphatic heterocycles. The van der Waals surface area contributed by atoms with Crippen molar-refractivity contribution in [2.75, 3.05) is 0 Å². The lowest BCUT2D eigenvalue weighted by molar-refractivity contribution is 0.0919. The van der Waals surface area contributed by atoms with E-state index in [1.165, 1.54) is 0 Å². The van der Waals surface area contributed by atoms with Gasteiger partial charge in [-0.3, -0.25) is 14.3 Å². The lowest BCUT2D eigenvalue weighted by Crippen LogP contribution is -2.39. The van der Waals surface area contributed by atoms with E-state index in [-0.39, 0.29) is 17.6 Å². The highest BCUT2D eigenvalue weighted by atomic mass is 35.5. The molecule has 1 aromatic carbocycles. The van der Waals surface area contributed by atoms with Gasteiger partial charge < -0.3 is 5.32 Å². The van der Waals surface area contributed by atoms with Gasteiger partial charge in [0.25, 0.3) is 5.91 Å². The summed E-state index contributed by atoms with van der Waals surface area (Å²) in [4.78, 5) is 34.9. The van der Waals surface area contributed by atoms with Crippen LogP contribution in [0.1, 0.15) is 41.7 Å². The fourth-order valence-electron chi connectivity index (χ4n) is 4.86. The summed E-state index contributed by atoms with van der Waals surface area (Å²) in [5.74, 6) is 0.173. The lowest BCUT2D eigenvalue weighted by Gasteiger charge is -2.29. The lowest BCUT2D eigenvalue weighted by atomic mass is 9.85. The van der Waals surface area contributed by atoms with E-state index in [2.05, 4.69) is 15.3 Å². The normalized spacial score (nSPS) is 18.0. The summed E-state index contributed by atoms with van der Waals surface area (Å²) in [5.41, 5.74) is 3.02. The van der Waals surface area contributed by atoms with E-state index >= 15 is 0 Å². The molecule has 0 unspecified atom stereocenters. The summed E-state index contributed by atoms with van der Waals surface area (Å²) in [7, 11) is 0. The average molecular weight is 510 g/mol. The van der Waals surface area contributed by atoms with Gasteiger partial charge in [0, 0.05) is 25.0 Å². The summed E-state index contributed by atoms with van der Waals surface area (Å²) in [6.07, 6.45) is 6.73. The minimum absolute atomic E-state index is 0.0833. The van der Waals surface area contributed by atoms with Crippen molar-refractivity contribution in [2.45, 2.75) is 45.2 Å². The first-order valence-electron chi connectivity index (χ1n) is 11.7. The molecule has 0 saturated heterocycles. The quantitative estimate of drug-likeness (QED) is 0.401. The molecule has 1 aliphatic carbocycles. The Bertz CT molecular complexity index is 1450. The second-order valence-electron chi connectivity index (χ2n) is 9.00. The first-order valence-corrected chi connectivity index (χ1v) is 12.4. The minimum Gasteiger partial charge on any atom is -0.349 e. The number of para-hydroxylation sites is 1. The molecule has 180 valence electrons. The largest absolute Gasteiger partial charge is 0.349 e. The summed E-state index contributed by atoms with van der Waals surface area (Å²) < 4.78 is 3.39. The summed E-state index contributed by atoms with van der Waals surface area (Å²) >= 11 is 12.4. The van der Waals surface area contributed by atoms with Crippen LogP contribution in [0.2, 0.25) is 10.0 Å². The van der Waals surface area contributed by atoms with Crippen LogP contribution >= 0.6 is 23.2 Å². The molecular formula is C26H25Cl2N5O2. The van der Waals surface area contributed by atoms with Gasteiger partial charge in [0.15, 0.2) is 5.65 Å². The molecule has 9 heteroatoms. The van der Waals surface area contributed by atoms with Crippen molar-refractivity contribution in [1.29, 1.82) is 0 Å². The van der Waals surface area contributed by atoms with Gasteiger partial charge in [0.05, 0.1) is 32.5 Å². The van der Waals surface area contributed by atoms with E-state index in [9.17, 15) is 9.59 Å². The number of aryl methyl sites for hydroxylation is 1. The number of pyridine rings is 2. The number of benzene rings is 1. The number of carbonyl (C=O) groups is 1. The zero-order valence-electron chi connectivity index (χ0n) is 19.2. The van der Waals surface area contributed by atoms with Crippen molar-refractivity contribution in [3.05, 3.63) is 86.6 Å². The van der Waals surface area contributed by atoms with Gasteiger partial charge in [0.1, 0.15) is 0 Å². The van der Waals surface area contributed by atoms with Crippen LogP contribution in [0.3, 0.4) is 0 Å². The number of hydrogen-bond acceptors (Lipinski definition) is 4. The van der Waals surface area contributed by atoms with E-state index < -0.39 is 0 Å². The van der Waals surface area contributed by atoms with Crippen LogP contribution in [0.25, 0.3) is 16.9 Å².